The van der Waals surface area contributed by atoms with Crippen LogP contribution in [0.2, 0.25) is 0 Å². The van der Waals surface area contributed by atoms with Gasteiger partial charge in [0, 0.05) is 13.7 Å². The Hall–Kier alpha value is -0.0800. The summed E-state index contributed by atoms with van der Waals surface area (Å²) in [6, 6.07) is 0. The molecule has 0 bridgehead atoms. The first-order valence-electron chi connectivity index (χ1n) is 6.45. The Morgan fingerprint density at radius 2 is 1.60 bits per heavy atom. The average Bonchev–Trinajstić information content (AvgIpc) is 2.27. The van der Waals surface area contributed by atoms with Crippen LogP contribution in [0.25, 0.3) is 0 Å². The predicted molar refractivity (Wildman–Crippen MR) is 65.3 cm³/mol. The molecule has 15 heavy (non-hydrogen) atoms. The molecule has 0 aliphatic heterocycles. The molecule has 0 spiro atoms. The summed E-state index contributed by atoms with van der Waals surface area (Å²) in [6.07, 6.45) is 9.27. The maximum atomic E-state index is 5.56. The van der Waals surface area contributed by atoms with Crippen molar-refractivity contribution in [3.63, 3.8) is 0 Å². The lowest BCUT2D eigenvalue weighted by Gasteiger charge is -2.12. The van der Waals surface area contributed by atoms with Gasteiger partial charge in [0.2, 0.25) is 0 Å². The fourth-order valence-electron chi connectivity index (χ4n) is 1.55. The molecule has 0 heterocycles. The van der Waals surface area contributed by atoms with Gasteiger partial charge in [0.15, 0.2) is 0 Å². The second-order valence-electron chi connectivity index (χ2n) is 4.11. The van der Waals surface area contributed by atoms with Crippen LogP contribution in [0.15, 0.2) is 0 Å². The van der Waals surface area contributed by atoms with Gasteiger partial charge in [-0.1, -0.05) is 46.0 Å². The first-order valence-corrected chi connectivity index (χ1v) is 6.45. The second-order valence-corrected chi connectivity index (χ2v) is 4.11. The Balaban J connectivity index is 3.04. The predicted octanol–water partition coefficient (Wildman–Crippen LogP) is 3.79. The third-order valence-corrected chi connectivity index (χ3v) is 2.73. The summed E-state index contributed by atoms with van der Waals surface area (Å²) in [5, 5.41) is 0. The molecule has 0 aliphatic carbocycles. The van der Waals surface area contributed by atoms with Gasteiger partial charge in [0.25, 0.3) is 0 Å². The summed E-state index contributed by atoms with van der Waals surface area (Å²) < 4.78 is 10.8. The van der Waals surface area contributed by atoms with E-state index in [9.17, 15) is 0 Å². The van der Waals surface area contributed by atoms with E-state index in [0.717, 1.165) is 19.6 Å². The van der Waals surface area contributed by atoms with Gasteiger partial charge in [-0.25, -0.2) is 0 Å². The third kappa shape index (κ3) is 10.2. The van der Waals surface area contributed by atoms with E-state index in [1.54, 1.807) is 7.11 Å². The second kappa shape index (κ2) is 12.0. The number of ether oxygens (including phenoxy) is 2. The fraction of sp³-hybridized carbons (Fsp3) is 1.00. The lowest BCUT2D eigenvalue weighted by molar-refractivity contribution is 0.00584. The van der Waals surface area contributed by atoms with Gasteiger partial charge in [0.1, 0.15) is 0 Å². The van der Waals surface area contributed by atoms with Crippen molar-refractivity contribution in [2.45, 2.75) is 64.9 Å². The first kappa shape index (κ1) is 14.9. The van der Waals surface area contributed by atoms with Crippen LogP contribution in [-0.2, 0) is 9.47 Å². The smallest absolute Gasteiger partial charge is 0.0802 e. The molecule has 0 aromatic rings. The molecule has 0 radical (unpaired) electrons. The molecule has 1 unspecified atom stereocenters. The van der Waals surface area contributed by atoms with Gasteiger partial charge in [-0.3, -0.25) is 0 Å². The number of methoxy groups -OCH3 is 1. The number of rotatable bonds is 11. The van der Waals surface area contributed by atoms with Gasteiger partial charge in [-0.2, -0.15) is 0 Å². The van der Waals surface area contributed by atoms with E-state index in [2.05, 4.69) is 13.8 Å². The van der Waals surface area contributed by atoms with Crippen LogP contribution >= 0.6 is 0 Å². The van der Waals surface area contributed by atoms with E-state index in [1.165, 1.54) is 38.5 Å². The summed E-state index contributed by atoms with van der Waals surface area (Å²) in [7, 11) is 1.75. The topological polar surface area (TPSA) is 18.5 Å². The Labute approximate surface area is 95.3 Å². The molecule has 0 aliphatic rings. The van der Waals surface area contributed by atoms with Gasteiger partial charge in [0.05, 0.1) is 12.7 Å². The third-order valence-electron chi connectivity index (χ3n) is 2.73. The minimum absolute atomic E-state index is 0.282. The summed E-state index contributed by atoms with van der Waals surface area (Å²) in [5.41, 5.74) is 0. The van der Waals surface area contributed by atoms with E-state index in [0.29, 0.717) is 0 Å². The molecule has 0 rings (SSSR count). The summed E-state index contributed by atoms with van der Waals surface area (Å²) in [4.78, 5) is 0. The molecule has 0 aromatic carbocycles. The zero-order chi connectivity index (χ0) is 11.4. The lowest BCUT2D eigenvalue weighted by atomic mass is 10.1. The summed E-state index contributed by atoms with van der Waals surface area (Å²) >= 11 is 0. The standard InChI is InChI=1S/C13H28O2/c1-4-6-7-8-9-10-11-15-12-13(5-2)14-3/h13H,4-12H2,1-3H3. The van der Waals surface area contributed by atoms with E-state index in [4.69, 9.17) is 9.47 Å². The lowest BCUT2D eigenvalue weighted by Crippen LogP contribution is -2.17. The molecule has 0 aromatic heterocycles. The molecular formula is C13H28O2. The minimum Gasteiger partial charge on any atom is -0.379 e. The maximum absolute atomic E-state index is 5.56. The van der Waals surface area contributed by atoms with Gasteiger partial charge in [-0.15, -0.1) is 0 Å². The highest BCUT2D eigenvalue weighted by Gasteiger charge is 2.02. The van der Waals surface area contributed by atoms with Crippen molar-refractivity contribution in [2.75, 3.05) is 20.3 Å². The number of hydrogen-bond acceptors (Lipinski definition) is 2. The van der Waals surface area contributed by atoms with Crippen molar-refractivity contribution in [3.05, 3.63) is 0 Å². The van der Waals surface area contributed by atoms with Crippen molar-refractivity contribution in [1.82, 2.24) is 0 Å². The van der Waals surface area contributed by atoms with Crippen molar-refractivity contribution in [3.8, 4) is 0 Å². The molecule has 0 saturated heterocycles. The molecular weight excluding hydrogens is 188 g/mol. The van der Waals surface area contributed by atoms with Crippen LogP contribution in [-0.4, -0.2) is 26.4 Å². The van der Waals surface area contributed by atoms with Crippen LogP contribution in [0.3, 0.4) is 0 Å². The molecule has 0 amide bonds. The molecule has 2 nitrogen and oxygen atoms in total. The van der Waals surface area contributed by atoms with Gasteiger partial charge in [-0.05, 0) is 12.8 Å². The highest BCUT2D eigenvalue weighted by atomic mass is 16.5. The van der Waals surface area contributed by atoms with E-state index in [-0.39, 0.29) is 6.10 Å². The van der Waals surface area contributed by atoms with Crippen LogP contribution < -0.4 is 0 Å². The Morgan fingerprint density at radius 3 is 2.20 bits per heavy atom. The van der Waals surface area contributed by atoms with E-state index >= 15 is 0 Å². The number of hydrogen-bond donors (Lipinski definition) is 0. The highest BCUT2D eigenvalue weighted by molar-refractivity contribution is 4.51. The molecule has 2 heteroatoms. The van der Waals surface area contributed by atoms with Gasteiger partial charge < -0.3 is 9.47 Å². The quantitative estimate of drug-likeness (QED) is 0.489. The zero-order valence-electron chi connectivity index (χ0n) is 10.8. The minimum atomic E-state index is 0.282. The molecule has 92 valence electrons. The largest absolute Gasteiger partial charge is 0.379 e. The SMILES string of the molecule is CCCCCCCCOCC(CC)OC. The zero-order valence-corrected chi connectivity index (χ0v) is 10.8. The van der Waals surface area contributed by atoms with Crippen molar-refractivity contribution < 1.29 is 9.47 Å². The van der Waals surface area contributed by atoms with Gasteiger partial charge >= 0.3 is 0 Å². The molecule has 0 N–H and O–H groups in total. The summed E-state index contributed by atoms with van der Waals surface area (Å²) in [5.74, 6) is 0. The average molecular weight is 216 g/mol. The van der Waals surface area contributed by atoms with Crippen molar-refractivity contribution >= 4 is 0 Å². The van der Waals surface area contributed by atoms with E-state index in [1.807, 2.05) is 0 Å². The fourth-order valence-corrected chi connectivity index (χ4v) is 1.55. The van der Waals surface area contributed by atoms with Crippen LogP contribution in [0.1, 0.15) is 58.8 Å². The first-order chi connectivity index (χ1) is 7.35. The Kier molecular flexibility index (Phi) is 11.9. The van der Waals surface area contributed by atoms with Crippen molar-refractivity contribution in [1.29, 1.82) is 0 Å². The Morgan fingerprint density at radius 1 is 0.933 bits per heavy atom. The Bertz CT molecular complexity index is 111. The van der Waals surface area contributed by atoms with Crippen LogP contribution in [0.5, 0.6) is 0 Å². The normalized spacial score (nSPS) is 13.0. The summed E-state index contributed by atoms with van der Waals surface area (Å²) in [6.45, 7) is 6.02. The monoisotopic (exact) mass is 216 g/mol. The molecule has 1 atom stereocenters. The van der Waals surface area contributed by atoms with E-state index < -0.39 is 0 Å². The molecule has 0 saturated carbocycles. The van der Waals surface area contributed by atoms with Crippen LogP contribution in [0.4, 0.5) is 0 Å². The van der Waals surface area contributed by atoms with Crippen molar-refractivity contribution in [2.24, 2.45) is 0 Å². The maximum Gasteiger partial charge on any atom is 0.0802 e. The number of unbranched alkanes of at least 4 members (excludes halogenated alkanes) is 5. The van der Waals surface area contributed by atoms with Crippen LogP contribution in [0, 0.1) is 0 Å². The highest BCUT2D eigenvalue weighted by Crippen LogP contribution is 2.05. The molecule has 0 fully saturated rings.